The Labute approximate surface area is 120 Å². The molecule has 1 aliphatic heterocycles. The van der Waals surface area contributed by atoms with Crippen molar-refractivity contribution in [3.05, 3.63) is 46.2 Å². The summed E-state index contributed by atoms with van der Waals surface area (Å²) in [5, 5.41) is 0. The van der Waals surface area contributed by atoms with Crippen molar-refractivity contribution in [3.8, 4) is 11.1 Å². The Morgan fingerprint density at radius 2 is 2.11 bits per heavy atom. The predicted molar refractivity (Wildman–Crippen MR) is 79.2 cm³/mol. The number of hydrogen-bond donors (Lipinski definition) is 0. The number of benzene rings is 1. The van der Waals surface area contributed by atoms with Crippen molar-refractivity contribution >= 4 is 27.5 Å². The summed E-state index contributed by atoms with van der Waals surface area (Å²) in [6, 6.07) is 6.12. The van der Waals surface area contributed by atoms with Crippen molar-refractivity contribution < 1.29 is 4.79 Å². The number of halogens is 1. The number of fused-ring (bicyclic) bond motifs is 1. The van der Waals surface area contributed by atoms with Gasteiger partial charge in [0.2, 0.25) is 5.91 Å². The van der Waals surface area contributed by atoms with E-state index in [4.69, 9.17) is 0 Å². The van der Waals surface area contributed by atoms with Gasteiger partial charge in [-0.1, -0.05) is 6.07 Å². The molecule has 1 aromatic heterocycles. The maximum absolute atomic E-state index is 11.8. The fraction of sp³-hybridized carbons (Fsp3) is 0.200. The van der Waals surface area contributed by atoms with Crippen LogP contribution >= 0.6 is 15.9 Å². The molecule has 0 bridgehead atoms. The highest BCUT2D eigenvalue weighted by atomic mass is 79.9. The molecule has 0 radical (unpaired) electrons. The van der Waals surface area contributed by atoms with Crippen molar-refractivity contribution in [1.29, 1.82) is 0 Å². The molecule has 0 fully saturated rings. The summed E-state index contributed by atoms with van der Waals surface area (Å²) in [6.07, 6.45) is 4.11. The molecular formula is C15H13BrN2O. The monoisotopic (exact) mass is 316 g/mol. The molecule has 0 spiro atoms. The molecule has 4 heteroatoms. The van der Waals surface area contributed by atoms with Gasteiger partial charge >= 0.3 is 0 Å². The minimum atomic E-state index is 0.155. The average molecular weight is 317 g/mol. The van der Waals surface area contributed by atoms with Crippen LogP contribution in [0.15, 0.2) is 35.1 Å². The minimum absolute atomic E-state index is 0.155. The van der Waals surface area contributed by atoms with E-state index in [0.717, 1.165) is 32.4 Å². The highest BCUT2D eigenvalue weighted by molar-refractivity contribution is 9.10. The van der Waals surface area contributed by atoms with E-state index in [2.05, 4.69) is 33.9 Å². The highest BCUT2D eigenvalue weighted by Gasteiger charge is 2.26. The van der Waals surface area contributed by atoms with Gasteiger partial charge in [0.05, 0.1) is 6.42 Å². The minimum Gasteiger partial charge on any atom is -0.315 e. The van der Waals surface area contributed by atoms with Crippen LogP contribution in [0.2, 0.25) is 0 Å². The van der Waals surface area contributed by atoms with Crippen LogP contribution < -0.4 is 4.90 Å². The lowest BCUT2D eigenvalue weighted by Crippen LogP contribution is -2.20. The van der Waals surface area contributed by atoms with Gasteiger partial charge in [0.15, 0.2) is 0 Å². The maximum atomic E-state index is 11.8. The van der Waals surface area contributed by atoms with E-state index >= 15 is 0 Å². The zero-order chi connectivity index (χ0) is 13.6. The Hall–Kier alpha value is -1.68. The molecule has 19 heavy (non-hydrogen) atoms. The van der Waals surface area contributed by atoms with Crippen molar-refractivity contribution in [2.45, 2.75) is 13.3 Å². The summed E-state index contributed by atoms with van der Waals surface area (Å²) in [6.45, 7) is 2.07. The highest BCUT2D eigenvalue weighted by Crippen LogP contribution is 2.36. The first-order chi connectivity index (χ1) is 9.08. The summed E-state index contributed by atoms with van der Waals surface area (Å²) in [5.74, 6) is 0.155. The predicted octanol–water partition coefficient (Wildman–Crippen LogP) is 3.34. The molecule has 3 nitrogen and oxygen atoms in total. The standard InChI is InChI=1S/C15H13BrN2O/c1-9-12(10-5-11(16)8-17-7-10)3-4-14-13(9)6-15(19)18(14)2/h3-5,7-8H,6H2,1-2H3. The van der Waals surface area contributed by atoms with Crippen LogP contribution in [0, 0.1) is 6.92 Å². The lowest BCUT2D eigenvalue weighted by molar-refractivity contribution is -0.117. The molecule has 0 atom stereocenters. The van der Waals surface area contributed by atoms with Gasteiger partial charge in [0.1, 0.15) is 0 Å². The molecule has 1 aromatic carbocycles. The third kappa shape index (κ3) is 1.96. The fourth-order valence-corrected chi connectivity index (χ4v) is 2.92. The molecule has 1 aliphatic rings. The van der Waals surface area contributed by atoms with Crippen LogP contribution in [0.3, 0.4) is 0 Å². The number of carbonyl (C=O) groups is 1. The molecule has 96 valence electrons. The van der Waals surface area contributed by atoms with E-state index in [9.17, 15) is 4.79 Å². The van der Waals surface area contributed by atoms with Crippen LogP contribution in [-0.4, -0.2) is 17.9 Å². The van der Waals surface area contributed by atoms with Gasteiger partial charge in [-0.05, 0) is 51.7 Å². The van der Waals surface area contributed by atoms with Gasteiger partial charge in [-0.15, -0.1) is 0 Å². The second-order valence-electron chi connectivity index (χ2n) is 4.76. The summed E-state index contributed by atoms with van der Waals surface area (Å²) < 4.78 is 0.957. The van der Waals surface area contributed by atoms with Gasteiger partial charge in [-0.3, -0.25) is 9.78 Å². The summed E-state index contributed by atoms with van der Waals surface area (Å²) in [5.41, 5.74) is 5.52. The molecule has 2 heterocycles. The number of likely N-dealkylation sites (N-methyl/N-ethyl adjacent to an activating group) is 1. The van der Waals surface area contributed by atoms with E-state index in [1.54, 1.807) is 11.1 Å². The SMILES string of the molecule is Cc1c(-c2cncc(Br)c2)ccc2c1CC(=O)N2C. The number of pyridine rings is 1. The summed E-state index contributed by atoms with van der Waals surface area (Å²) in [4.78, 5) is 17.7. The number of rotatable bonds is 1. The van der Waals surface area contributed by atoms with Gasteiger partial charge < -0.3 is 4.90 Å². The third-order valence-electron chi connectivity index (χ3n) is 3.65. The van der Waals surface area contributed by atoms with Crippen LogP contribution in [0.1, 0.15) is 11.1 Å². The lowest BCUT2D eigenvalue weighted by Gasteiger charge is -2.13. The first kappa shape index (κ1) is 12.4. The quantitative estimate of drug-likeness (QED) is 0.808. The third-order valence-corrected chi connectivity index (χ3v) is 4.09. The fourth-order valence-electron chi connectivity index (χ4n) is 2.56. The number of nitrogens with zero attached hydrogens (tertiary/aromatic N) is 2. The van der Waals surface area contributed by atoms with Crippen molar-refractivity contribution in [2.24, 2.45) is 0 Å². The largest absolute Gasteiger partial charge is 0.315 e. The molecule has 3 rings (SSSR count). The molecule has 0 N–H and O–H groups in total. The lowest BCUT2D eigenvalue weighted by atomic mass is 9.96. The van der Waals surface area contributed by atoms with Crippen molar-refractivity contribution in [3.63, 3.8) is 0 Å². The van der Waals surface area contributed by atoms with E-state index in [1.165, 1.54) is 0 Å². The second-order valence-corrected chi connectivity index (χ2v) is 5.67. The number of carbonyl (C=O) groups excluding carboxylic acids is 1. The number of hydrogen-bond acceptors (Lipinski definition) is 2. The van der Waals surface area contributed by atoms with E-state index in [1.807, 2.05) is 25.4 Å². The van der Waals surface area contributed by atoms with Crippen molar-refractivity contribution in [1.82, 2.24) is 4.98 Å². The zero-order valence-electron chi connectivity index (χ0n) is 10.8. The van der Waals surface area contributed by atoms with Crippen LogP contribution in [0.5, 0.6) is 0 Å². The Morgan fingerprint density at radius 3 is 2.84 bits per heavy atom. The number of anilines is 1. The van der Waals surface area contributed by atoms with Crippen LogP contribution in [-0.2, 0) is 11.2 Å². The first-order valence-electron chi connectivity index (χ1n) is 6.08. The second kappa shape index (κ2) is 4.46. The summed E-state index contributed by atoms with van der Waals surface area (Å²) in [7, 11) is 1.83. The number of amides is 1. The van der Waals surface area contributed by atoms with Gasteiger partial charge in [-0.25, -0.2) is 0 Å². The van der Waals surface area contributed by atoms with Crippen LogP contribution in [0.25, 0.3) is 11.1 Å². The molecule has 0 aliphatic carbocycles. The molecule has 0 unspecified atom stereocenters. The molecule has 1 amide bonds. The van der Waals surface area contributed by atoms with Gasteiger partial charge in [0, 0.05) is 35.2 Å². The van der Waals surface area contributed by atoms with Crippen LogP contribution in [0.4, 0.5) is 5.69 Å². The Bertz CT molecular complexity index is 682. The Kier molecular flexibility index (Phi) is 2.90. The molecular weight excluding hydrogens is 304 g/mol. The molecule has 2 aromatic rings. The average Bonchev–Trinajstić information content (AvgIpc) is 2.67. The Balaban J connectivity index is 2.16. The van der Waals surface area contributed by atoms with E-state index < -0.39 is 0 Å². The van der Waals surface area contributed by atoms with E-state index in [-0.39, 0.29) is 5.91 Å². The van der Waals surface area contributed by atoms with Gasteiger partial charge in [-0.2, -0.15) is 0 Å². The topological polar surface area (TPSA) is 33.2 Å². The smallest absolute Gasteiger partial charge is 0.231 e. The molecule has 0 saturated heterocycles. The van der Waals surface area contributed by atoms with E-state index in [0.29, 0.717) is 6.42 Å². The summed E-state index contributed by atoms with van der Waals surface area (Å²) >= 11 is 3.44. The Morgan fingerprint density at radius 1 is 1.32 bits per heavy atom. The number of aromatic nitrogens is 1. The normalized spacial score (nSPS) is 13.8. The first-order valence-corrected chi connectivity index (χ1v) is 6.87. The zero-order valence-corrected chi connectivity index (χ0v) is 12.4. The van der Waals surface area contributed by atoms with Crippen molar-refractivity contribution in [2.75, 3.05) is 11.9 Å². The maximum Gasteiger partial charge on any atom is 0.231 e. The van der Waals surface area contributed by atoms with Gasteiger partial charge in [0.25, 0.3) is 0 Å². The molecule has 0 saturated carbocycles.